The zero-order valence-electron chi connectivity index (χ0n) is 10.3. The Bertz CT molecular complexity index is 503. The molecule has 0 unspecified atom stereocenters. The molecule has 0 spiro atoms. The van der Waals surface area contributed by atoms with Crippen LogP contribution in [0.3, 0.4) is 0 Å². The van der Waals surface area contributed by atoms with Crippen molar-refractivity contribution in [2.75, 3.05) is 17.6 Å². The largest absolute Gasteiger partial charge is 0.397 e. The Morgan fingerprint density at radius 3 is 2.71 bits per heavy atom. The monoisotopic (exact) mass is 246 g/mol. The maximum atomic E-state index is 5.95. The molecule has 0 amide bonds. The standard InChI is InChI=1S/C14H18N2S/c1-10-3-4-13(12(15)9-10)16-7-5-14-11(2)6-8-17-14/h3-4,6,8-9,16H,5,7,15H2,1-2H3. The Morgan fingerprint density at radius 2 is 2.06 bits per heavy atom. The van der Waals surface area contributed by atoms with Gasteiger partial charge in [0.05, 0.1) is 11.4 Å². The Labute approximate surface area is 106 Å². The van der Waals surface area contributed by atoms with Crippen molar-refractivity contribution in [2.24, 2.45) is 0 Å². The zero-order chi connectivity index (χ0) is 12.3. The fourth-order valence-corrected chi connectivity index (χ4v) is 2.72. The van der Waals surface area contributed by atoms with Crippen LogP contribution in [0, 0.1) is 13.8 Å². The lowest BCUT2D eigenvalue weighted by molar-refractivity contribution is 1.03. The lowest BCUT2D eigenvalue weighted by atomic mass is 10.2. The highest BCUT2D eigenvalue weighted by atomic mass is 32.1. The van der Waals surface area contributed by atoms with E-state index >= 15 is 0 Å². The van der Waals surface area contributed by atoms with E-state index in [0.717, 1.165) is 24.3 Å². The van der Waals surface area contributed by atoms with Gasteiger partial charge in [-0.3, -0.25) is 0 Å². The van der Waals surface area contributed by atoms with Crippen molar-refractivity contribution in [3.8, 4) is 0 Å². The van der Waals surface area contributed by atoms with Crippen LogP contribution >= 0.6 is 11.3 Å². The topological polar surface area (TPSA) is 38.0 Å². The molecule has 0 radical (unpaired) electrons. The zero-order valence-corrected chi connectivity index (χ0v) is 11.1. The lowest BCUT2D eigenvalue weighted by Gasteiger charge is -2.09. The fraction of sp³-hybridized carbons (Fsp3) is 0.286. The maximum absolute atomic E-state index is 5.95. The van der Waals surface area contributed by atoms with E-state index in [-0.39, 0.29) is 0 Å². The molecule has 0 fully saturated rings. The first-order valence-electron chi connectivity index (χ1n) is 5.80. The molecule has 0 saturated heterocycles. The van der Waals surface area contributed by atoms with Crippen LogP contribution in [0.2, 0.25) is 0 Å². The van der Waals surface area contributed by atoms with E-state index in [1.807, 2.05) is 23.5 Å². The molecule has 1 aromatic carbocycles. The van der Waals surface area contributed by atoms with Gasteiger partial charge in [0.1, 0.15) is 0 Å². The van der Waals surface area contributed by atoms with Crippen molar-refractivity contribution in [1.29, 1.82) is 0 Å². The second-order valence-electron chi connectivity index (χ2n) is 4.29. The van der Waals surface area contributed by atoms with Crippen LogP contribution in [0.25, 0.3) is 0 Å². The average molecular weight is 246 g/mol. The minimum Gasteiger partial charge on any atom is -0.397 e. The van der Waals surface area contributed by atoms with E-state index in [1.165, 1.54) is 16.0 Å². The summed E-state index contributed by atoms with van der Waals surface area (Å²) in [6.45, 7) is 5.13. The third-order valence-electron chi connectivity index (χ3n) is 2.84. The third kappa shape index (κ3) is 3.01. The van der Waals surface area contributed by atoms with Gasteiger partial charge in [-0.15, -0.1) is 11.3 Å². The van der Waals surface area contributed by atoms with Crippen LogP contribution in [0.4, 0.5) is 11.4 Å². The van der Waals surface area contributed by atoms with Crippen LogP contribution < -0.4 is 11.1 Å². The van der Waals surface area contributed by atoms with E-state index in [1.54, 1.807) is 0 Å². The molecule has 0 aliphatic heterocycles. The summed E-state index contributed by atoms with van der Waals surface area (Å²) in [7, 11) is 0. The minimum absolute atomic E-state index is 0.827. The molecular weight excluding hydrogens is 228 g/mol. The summed E-state index contributed by atoms with van der Waals surface area (Å²) in [5.41, 5.74) is 10.4. The molecule has 0 saturated carbocycles. The predicted octanol–water partition coefficient (Wildman–Crippen LogP) is 3.60. The van der Waals surface area contributed by atoms with Gasteiger partial charge in [0.2, 0.25) is 0 Å². The first-order valence-corrected chi connectivity index (χ1v) is 6.68. The normalized spacial score (nSPS) is 10.5. The van der Waals surface area contributed by atoms with Gasteiger partial charge < -0.3 is 11.1 Å². The second kappa shape index (κ2) is 5.23. The smallest absolute Gasteiger partial charge is 0.0574 e. The van der Waals surface area contributed by atoms with Crippen LogP contribution in [-0.4, -0.2) is 6.54 Å². The van der Waals surface area contributed by atoms with Gasteiger partial charge in [-0.25, -0.2) is 0 Å². The summed E-state index contributed by atoms with van der Waals surface area (Å²) in [6.07, 6.45) is 1.05. The number of nitrogens with one attached hydrogen (secondary N) is 1. The molecule has 2 rings (SSSR count). The second-order valence-corrected chi connectivity index (χ2v) is 5.29. The molecule has 2 aromatic rings. The molecule has 0 atom stereocenters. The highest BCUT2D eigenvalue weighted by molar-refractivity contribution is 7.10. The number of rotatable bonds is 4. The van der Waals surface area contributed by atoms with Crippen LogP contribution in [0.15, 0.2) is 29.6 Å². The Kier molecular flexibility index (Phi) is 3.69. The number of nitrogen functional groups attached to an aromatic ring is 1. The number of benzene rings is 1. The molecule has 90 valence electrons. The Hall–Kier alpha value is -1.48. The van der Waals surface area contributed by atoms with Gasteiger partial charge in [-0.05, 0) is 55.0 Å². The number of nitrogens with two attached hydrogens (primary N) is 1. The van der Waals surface area contributed by atoms with Crippen molar-refractivity contribution in [3.05, 3.63) is 45.6 Å². The molecular formula is C14H18N2S. The average Bonchev–Trinajstić information content (AvgIpc) is 2.68. The van der Waals surface area contributed by atoms with E-state index in [4.69, 9.17) is 5.73 Å². The van der Waals surface area contributed by atoms with Gasteiger partial charge in [0.15, 0.2) is 0 Å². The van der Waals surface area contributed by atoms with Crippen LogP contribution in [-0.2, 0) is 6.42 Å². The summed E-state index contributed by atoms with van der Waals surface area (Å²) >= 11 is 1.82. The predicted molar refractivity (Wildman–Crippen MR) is 76.8 cm³/mol. The highest BCUT2D eigenvalue weighted by Crippen LogP contribution is 2.20. The van der Waals surface area contributed by atoms with Crippen molar-refractivity contribution < 1.29 is 0 Å². The summed E-state index contributed by atoms with van der Waals surface area (Å²) in [4.78, 5) is 1.45. The van der Waals surface area contributed by atoms with Gasteiger partial charge in [-0.1, -0.05) is 6.07 Å². The van der Waals surface area contributed by atoms with E-state index < -0.39 is 0 Å². The molecule has 2 nitrogen and oxygen atoms in total. The van der Waals surface area contributed by atoms with E-state index in [9.17, 15) is 0 Å². The van der Waals surface area contributed by atoms with Crippen molar-refractivity contribution >= 4 is 22.7 Å². The van der Waals surface area contributed by atoms with Crippen molar-refractivity contribution in [2.45, 2.75) is 20.3 Å². The third-order valence-corrected chi connectivity index (χ3v) is 3.93. The van der Waals surface area contributed by atoms with Gasteiger partial charge in [0.25, 0.3) is 0 Å². The highest BCUT2D eigenvalue weighted by Gasteiger charge is 2.01. The van der Waals surface area contributed by atoms with Gasteiger partial charge >= 0.3 is 0 Å². The molecule has 0 aliphatic rings. The summed E-state index contributed by atoms with van der Waals surface area (Å²) < 4.78 is 0. The van der Waals surface area contributed by atoms with Crippen molar-refractivity contribution in [1.82, 2.24) is 0 Å². The minimum atomic E-state index is 0.827. The van der Waals surface area contributed by atoms with Gasteiger partial charge in [0, 0.05) is 11.4 Å². The van der Waals surface area contributed by atoms with E-state index in [0.29, 0.717) is 0 Å². The molecule has 3 heteroatoms. The Balaban J connectivity index is 1.92. The summed E-state index contributed by atoms with van der Waals surface area (Å²) in [6, 6.07) is 8.29. The number of thiophene rings is 1. The number of anilines is 2. The molecule has 3 N–H and O–H groups in total. The number of hydrogen-bond donors (Lipinski definition) is 2. The molecule has 0 bridgehead atoms. The number of aryl methyl sites for hydroxylation is 2. The SMILES string of the molecule is Cc1ccc(NCCc2sccc2C)c(N)c1. The fourth-order valence-electron chi connectivity index (χ4n) is 1.81. The first-order chi connectivity index (χ1) is 8.16. The van der Waals surface area contributed by atoms with Gasteiger partial charge in [-0.2, -0.15) is 0 Å². The number of hydrogen-bond acceptors (Lipinski definition) is 3. The van der Waals surface area contributed by atoms with Crippen molar-refractivity contribution in [3.63, 3.8) is 0 Å². The maximum Gasteiger partial charge on any atom is 0.0574 e. The van der Waals surface area contributed by atoms with Crippen LogP contribution in [0.1, 0.15) is 16.0 Å². The first kappa shape index (κ1) is 12.0. The summed E-state index contributed by atoms with van der Waals surface area (Å²) in [5, 5.41) is 5.53. The lowest BCUT2D eigenvalue weighted by Crippen LogP contribution is -2.06. The quantitative estimate of drug-likeness (QED) is 0.809. The van der Waals surface area contributed by atoms with Crippen LogP contribution in [0.5, 0.6) is 0 Å². The molecule has 0 aliphatic carbocycles. The molecule has 17 heavy (non-hydrogen) atoms. The summed E-state index contributed by atoms with van der Waals surface area (Å²) in [5.74, 6) is 0. The Morgan fingerprint density at radius 1 is 1.24 bits per heavy atom. The molecule has 1 heterocycles. The molecule has 1 aromatic heterocycles. The van der Waals surface area contributed by atoms with E-state index in [2.05, 4.69) is 36.7 Å².